The zero-order chi connectivity index (χ0) is 24.7. The Balaban J connectivity index is 1.72. The average molecular weight is 492 g/mol. The van der Waals surface area contributed by atoms with Gasteiger partial charge in [-0.15, -0.1) is 0 Å². The number of benzene rings is 2. The third kappa shape index (κ3) is 5.28. The highest BCUT2D eigenvalue weighted by atomic mass is 16.6. The van der Waals surface area contributed by atoms with Crippen LogP contribution in [0.4, 0.5) is 5.69 Å². The van der Waals surface area contributed by atoms with Gasteiger partial charge in [-0.1, -0.05) is 35.5 Å². The van der Waals surface area contributed by atoms with E-state index in [2.05, 4.69) is 51.4 Å². The summed E-state index contributed by atoms with van der Waals surface area (Å²) in [6.45, 7) is 6.50. The molecule has 2 aliphatic rings. The molecule has 36 heavy (non-hydrogen) atoms. The topological polar surface area (TPSA) is 68.3 Å². The molecule has 192 valence electrons. The molecule has 3 aromatic rings. The third-order valence-corrected chi connectivity index (χ3v) is 7.26. The fourth-order valence-corrected chi connectivity index (χ4v) is 5.55. The maximum absolute atomic E-state index is 5.88. The Kier molecular flexibility index (Phi) is 8.21. The second-order valence-electron chi connectivity index (χ2n) is 9.47. The molecule has 7 heteroatoms. The number of hydrogen-bond acceptors (Lipinski definition) is 6. The number of aromatic amines is 1. The Morgan fingerprint density at radius 3 is 2.28 bits per heavy atom. The molecular formula is C29H37N3O4. The van der Waals surface area contributed by atoms with Crippen LogP contribution in [0.1, 0.15) is 43.7 Å². The fraction of sp³-hybridized carbons (Fsp3) is 0.483. The fourth-order valence-electron chi connectivity index (χ4n) is 5.55. The Hall–Kier alpha value is -2.87. The lowest BCUT2D eigenvalue weighted by molar-refractivity contribution is 0.0642. The number of oxime groups is 1. The van der Waals surface area contributed by atoms with Crippen molar-refractivity contribution in [2.45, 2.75) is 51.3 Å². The second-order valence-corrected chi connectivity index (χ2v) is 9.47. The second kappa shape index (κ2) is 11.9. The summed E-state index contributed by atoms with van der Waals surface area (Å²) in [5, 5.41) is 5.30. The predicted octanol–water partition coefficient (Wildman–Crippen LogP) is 5.52. The molecule has 7 nitrogen and oxygen atoms in total. The zero-order valence-electron chi connectivity index (χ0n) is 21.4. The van der Waals surface area contributed by atoms with Crippen LogP contribution in [0.5, 0.6) is 0 Å². The van der Waals surface area contributed by atoms with Crippen LogP contribution in [0.15, 0.2) is 47.6 Å². The lowest BCUT2D eigenvalue weighted by Crippen LogP contribution is -2.48. The number of nitrogens with zero attached hydrogens (tertiary/aromatic N) is 2. The van der Waals surface area contributed by atoms with Gasteiger partial charge in [0.1, 0.15) is 7.11 Å². The summed E-state index contributed by atoms with van der Waals surface area (Å²) in [5.41, 5.74) is 6.71. The Morgan fingerprint density at radius 1 is 1.00 bits per heavy atom. The minimum absolute atomic E-state index is 0.423. The normalized spacial score (nSPS) is 17.7. The monoisotopic (exact) mass is 491 g/mol. The summed E-state index contributed by atoms with van der Waals surface area (Å²) in [7, 11) is 1.58. The van der Waals surface area contributed by atoms with Crippen molar-refractivity contribution < 1.29 is 19.0 Å². The number of rotatable bonds is 9. The first kappa shape index (κ1) is 24.8. The van der Waals surface area contributed by atoms with Crippen LogP contribution in [0, 0.1) is 0 Å². The van der Waals surface area contributed by atoms with Crippen LogP contribution in [-0.2, 0) is 25.7 Å². The number of nitrogens with one attached hydrogen (secondary N) is 1. The SMILES string of the molecule is CCOCc1cc(N(C2CCOCC2)C2CCOCC2)c2[nH]c(-c3ccccc3)c(C=NOC)c2c1. The summed E-state index contributed by atoms with van der Waals surface area (Å²) in [6, 6.07) is 15.8. The third-order valence-electron chi connectivity index (χ3n) is 7.26. The van der Waals surface area contributed by atoms with Crippen molar-refractivity contribution in [1.29, 1.82) is 0 Å². The van der Waals surface area contributed by atoms with Gasteiger partial charge in [-0.2, -0.15) is 0 Å². The van der Waals surface area contributed by atoms with Crippen LogP contribution in [-0.4, -0.2) is 63.4 Å². The smallest absolute Gasteiger partial charge is 0.106 e. The minimum Gasteiger partial charge on any atom is -0.399 e. The first-order valence-corrected chi connectivity index (χ1v) is 13.1. The maximum Gasteiger partial charge on any atom is 0.106 e. The molecular weight excluding hydrogens is 454 g/mol. The lowest BCUT2D eigenvalue weighted by atomic mass is 9.97. The van der Waals surface area contributed by atoms with E-state index in [1.165, 1.54) is 5.69 Å². The molecule has 0 saturated carbocycles. The molecule has 0 unspecified atom stereocenters. The van der Waals surface area contributed by atoms with E-state index in [4.69, 9.17) is 19.0 Å². The van der Waals surface area contributed by atoms with Crippen LogP contribution >= 0.6 is 0 Å². The molecule has 2 fully saturated rings. The van der Waals surface area contributed by atoms with Crippen LogP contribution < -0.4 is 4.90 Å². The van der Waals surface area contributed by atoms with E-state index < -0.39 is 0 Å². The van der Waals surface area contributed by atoms with E-state index in [1.807, 2.05) is 19.2 Å². The number of anilines is 1. The number of H-pyrrole nitrogens is 1. The molecule has 0 aliphatic carbocycles. The summed E-state index contributed by atoms with van der Waals surface area (Å²) >= 11 is 0. The Bertz CT molecular complexity index is 1130. The van der Waals surface area contributed by atoms with Gasteiger partial charge in [0.05, 0.1) is 29.7 Å². The minimum atomic E-state index is 0.423. The predicted molar refractivity (Wildman–Crippen MR) is 144 cm³/mol. The molecule has 0 atom stereocenters. The van der Waals surface area contributed by atoms with Gasteiger partial charge in [-0.3, -0.25) is 0 Å². The quantitative estimate of drug-likeness (QED) is 0.316. The largest absolute Gasteiger partial charge is 0.399 e. The van der Waals surface area contributed by atoms with Gasteiger partial charge in [0, 0.05) is 56.1 Å². The molecule has 2 aliphatic heterocycles. The summed E-state index contributed by atoms with van der Waals surface area (Å²) < 4.78 is 17.4. The Labute approximate surface area is 213 Å². The van der Waals surface area contributed by atoms with Gasteiger partial charge in [-0.25, -0.2) is 0 Å². The number of ether oxygens (including phenoxy) is 3. The molecule has 0 bridgehead atoms. The van der Waals surface area contributed by atoms with E-state index in [9.17, 15) is 0 Å². The average Bonchev–Trinajstić information content (AvgIpc) is 3.31. The van der Waals surface area contributed by atoms with Gasteiger partial charge in [0.2, 0.25) is 0 Å². The first-order chi connectivity index (χ1) is 17.8. The maximum atomic E-state index is 5.88. The van der Waals surface area contributed by atoms with Gasteiger partial charge in [0.15, 0.2) is 0 Å². The highest BCUT2D eigenvalue weighted by Crippen LogP contribution is 2.39. The number of hydrogen-bond donors (Lipinski definition) is 1. The van der Waals surface area contributed by atoms with Crippen molar-refractivity contribution in [2.24, 2.45) is 5.16 Å². The van der Waals surface area contributed by atoms with Crippen LogP contribution in [0.3, 0.4) is 0 Å². The highest BCUT2D eigenvalue weighted by Gasteiger charge is 2.32. The molecule has 0 amide bonds. The van der Waals surface area contributed by atoms with Crippen molar-refractivity contribution in [1.82, 2.24) is 4.98 Å². The molecule has 0 spiro atoms. The van der Waals surface area contributed by atoms with Crippen molar-refractivity contribution in [3.63, 3.8) is 0 Å². The first-order valence-electron chi connectivity index (χ1n) is 13.1. The number of aromatic nitrogens is 1. The molecule has 2 aromatic carbocycles. The van der Waals surface area contributed by atoms with Crippen molar-refractivity contribution in [3.8, 4) is 11.3 Å². The molecule has 1 aromatic heterocycles. The summed E-state index contributed by atoms with van der Waals surface area (Å²) in [4.78, 5) is 11.6. The number of fused-ring (bicyclic) bond motifs is 1. The van der Waals surface area contributed by atoms with Crippen LogP contribution in [0.2, 0.25) is 0 Å². The van der Waals surface area contributed by atoms with E-state index >= 15 is 0 Å². The lowest BCUT2D eigenvalue weighted by Gasteiger charge is -2.43. The van der Waals surface area contributed by atoms with E-state index in [1.54, 1.807) is 7.11 Å². The van der Waals surface area contributed by atoms with Gasteiger partial charge in [0.25, 0.3) is 0 Å². The summed E-state index contributed by atoms with van der Waals surface area (Å²) in [6.07, 6.45) is 5.93. The van der Waals surface area contributed by atoms with Gasteiger partial charge in [-0.05, 0) is 55.9 Å². The van der Waals surface area contributed by atoms with Gasteiger partial charge >= 0.3 is 0 Å². The zero-order valence-corrected chi connectivity index (χ0v) is 21.4. The van der Waals surface area contributed by atoms with E-state index in [0.717, 1.165) is 85.4 Å². The molecule has 0 radical (unpaired) electrons. The van der Waals surface area contributed by atoms with E-state index in [0.29, 0.717) is 25.3 Å². The highest BCUT2D eigenvalue weighted by molar-refractivity contribution is 6.09. The Morgan fingerprint density at radius 2 is 1.67 bits per heavy atom. The van der Waals surface area contributed by atoms with E-state index in [-0.39, 0.29) is 0 Å². The van der Waals surface area contributed by atoms with Crippen molar-refractivity contribution in [3.05, 3.63) is 53.6 Å². The van der Waals surface area contributed by atoms with Crippen molar-refractivity contribution >= 4 is 22.8 Å². The van der Waals surface area contributed by atoms with Gasteiger partial charge < -0.3 is 28.9 Å². The van der Waals surface area contributed by atoms with Crippen LogP contribution in [0.25, 0.3) is 22.2 Å². The molecule has 5 rings (SSSR count). The molecule has 2 saturated heterocycles. The molecule has 1 N–H and O–H groups in total. The molecule has 3 heterocycles. The summed E-state index contributed by atoms with van der Waals surface area (Å²) in [5.74, 6) is 0. The van der Waals surface area contributed by atoms with Crippen molar-refractivity contribution in [2.75, 3.05) is 45.0 Å². The standard InChI is InChI=1S/C29H37N3O4/c1-3-34-20-21-17-25-26(19-30-33-2)28(22-7-5-4-6-8-22)31-29(25)27(18-21)32(23-9-13-35-14-10-23)24-11-15-36-16-12-24/h4-8,17-19,23-24,31H,3,9-16,20H2,1-2H3.